The van der Waals surface area contributed by atoms with Crippen molar-refractivity contribution in [3.05, 3.63) is 24.0 Å². The second-order valence-corrected chi connectivity index (χ2v) is 5.46. The molecule has 0 radical (unpaired) electrons. The van der Waals surface area contributed by atoms with Gasteiger partial charge in [0, 0.05) is 24.8 Å². The number of pyridine rings is 1. The Morgan fingerprint density at radius 3 is 2.75 bits per heavy atom. The highest BCUT2D eigenvalue weighted by Crippen LogP contribution is 2.25. The topological polar surface area (TPSA) is 79.5 Å². The molecule has 2 rings (SSSR count). The zero-order valence-electron chi connectivity index (χ0n) is 12.0. The van der Waals surface area contributed by atoms with Crippen LogP contribution in [0, 0.1) is 0 Å². The van der Waals surface area contributed by atoms with Crippen LogP contribution in [0.25, 0.3) is 0 Å². The van der Waals surface area contributed by atoms with Gasteiger partial charge in [-0.3, -0.25) is 9.78 Å². The summed E-state index contributed by atoms with van der Waals surface area (Å²) in [4.78, 5) is 18.4. The Kier molecular flexibility index (Phi) is 4.95. The highest BCUT2D eigenvalue weighted by Gasteiger charge is 2.28. The molecule has 1 amide bonds. The maximum atomic E-state index is 12.6. The van der Waals surface area contributed by atoms with Crippen molar-refractivity contribution < 1.29 is 9.90 Å². The van der Waals surface area contributed by atoms with Crippen LogP contribution in [0.4, 0.5) is 0 Å². The van der Waals surface area contributed by atoms with Crippen LogP contribution in [0.15, 0.2) is 18.5 Å². The van der Waals surface area contributed by atoms with Gasteiger partial charge in [0.1, 0.15) is 5.75 Å². The van der Waals surface area contributed by atoms with Crippen LogP contribution < -0.4 is 5.73 Å². The van der Waals surface area contributed by atoms with E-state index in [1.807, 2.05) is 4.90 Å². The molecule has 1 aliphatic rings. The molecule has 5 nitrogen and oxygen atoms in total. The Labute approximate surface area is 119 Å². The van der Waals surface area contributed by atoms with Gasteiger partial charge in [-0.15, -0.1) is 0 Å². The van der Waals surface area contributed by atoms with Gasteiger partial charge in [-0.1, -0.05) is 6.92 Å². The first-order valence-corrected chi connectivity index (χ1v) is 7.33. The van der Waals surface area contributed by atoms with Crippen molar-refractivity contribution in [1.29, 1.82) is 0 Å². The van der Waals surface area contributed by atoms with Crippen molar-refractivity contribution in [2.75, 3.05) is 6.54 Å². The summed E-state index contributed by atoms with van der Waals surface area (Å²) in [5, 5.41) is 9.81. The van der Waals surface area contributed by atoms with Crippen LogP contribution in [0.1, 0.15) is 49.4 Å². The van der Waals surface area contributed by atoms with E-state index in [0.29, 0.717) is 12.1 Å². The molecule has 1 aliphatic carbocycles. The van der Waals surface area contributed by atoms with E-state index >= 15 is 0 Å². The van der Waals surface area contributed by atoms with Crippen molar-refractivity contribution in [2.45, 2.75) is 51.1 Å². The lowest BCUT2D eigenvalue weighted by atomic mass is 9.90. The van der Waals surface area contributed by atoms with Gasteiger partial charge < -0.3 is 15.7 Å². The van der Waals surface area contributed by atoms with Crippen LogP contribution in [0.3, 0.4) is 0 Å². The number of rotatable bonds is 4. The number of amides is 1. The predicted octanol–water partition coefficient (Wildman–Crippen LogP) is 1.91. The summed E-state index contributed by atoms with van der Waals surface area (Å²) in [6.45, 7) is 2.77. The van der Waals surface area contributed by atoms with Crippen molar-refractivity contribution in [3.63, 3.8) is 0 Å². The van der Waals surface area contributed by atoms with Gasteiger partial charge in [0.15, 0.2) is 0 Å². The quantitative estimate of drug-likeness (QED) is 0.881. The van der Waals surface area contributed by atoms with Gasteiger partial charge in [-0.25, -0.2) is 0 Å². The monoisotopic (exact) mass is 277 g/mol. The maximum Gasteiger partial charge on any atom is 0.257 e. The van der Waals surface area contributed by atoms with E-state index in [4.69, 9.17) is 5.73 Å². The molecule has 3 N–H and O–H groups in total. The first-order chi connectivity index (χ1) is 9.63. The number of aromatic hydroxyl groups is 1. The molecule has 0 unspecified atom stereocenters. The third-order valence-corrected chi connectivity index (χ3v) is 3.94. The second kappa shape index (κ2) is 6.70. The molecule has 1 heterocycles. The highest BCUT2D eigenvalue weighted by molar-refractivity contribution is 5.96. The molecule has 1 saturated carbocycles. The van der Waals surface area contributed by atoms with Crippen LogP contribution in [0.2, 0.25) is 0 Å². The van der Waals surface area contributed by atoms with Gasteiger partial charge in [0.2, 0.25) is 0 Å². The number of hydrogen-bond donors (Lipinski definition) is 2. The third-order valence-electron chi connectivity index (χ3n) is 3.94. The van der Waals surface area contributed by atoms with Gasteiger partial charge in [-0.05, 0) is 38.2 Å². The number of nitrogens with zero attached hydrogens (tertiary/aromatic N) is 2. The molecule has 0 saturated heterocycles. The molecule has 20 heavy (non-hydrogen) atoms. The summed E-state index contributed by atoms with van der Waals surface area (Å²) in [7, 11) is 0. The Bertz CT molecular complexity index is 456. The fraction of sp³-hybridized carbons (Fsp3) is 0.600. The Morgan fingerprint density at radius 1 is 1.45 bits per heavy atom. The van der Waals surface area contributed by atoms with E-state index in [0.717, 1.165) is 32.1 Å². The van der Waals surface area contributed by atoms with Gasteiger partial charge in [-0.2, -0.15) is 0 Å². The minimum atomic E-state index is -0.104. The third kappa shape index (κ3) is 3.28. The summed E-state index contributed by atoms with van der Waals surface area (Å²) < 4.78 is 0. The average Bonchev–Trinajstić information content (AvgIpc) is 2.46. The maximum absolute atomic E-state index is 12.6. The zero-order chi connectivity index (χ0) is 14.5. The summed E-state index contributed by atoms with van der Waals surface area (Å²) >= 11 is 0. The number of carbonyl (C=O) groups is 1. The zero-order valence-corrected chi connectivity index (χ0v) is 12.0. The molecule has 0 aliphatic heterocycles. The normalized spacial score (nSPS) is 22.5. The lowest BCUT2D eigenvalue weighted by molar-refractivity contribution is 0.0623. The van der Waals surface area contributed by atoms with E-state index in [-0.39, 0.29) is 23.7 Å². The molecular weight excluding hydrogens is 254 g/mol. The predicted molar refractivity (Wildman–Crippen MR) is 77.5 cm³/mol. The van der Waals surface area contributed by atoms with E-state index in [1.54, 1.807) is 6.07 Å². The number of hydrogen-bond acceptors (Lipinski definition) is 4. The van der Waals surface area contributed by atoms with Gasteiger partial charge >= 0.3 is 0 Å². The molecule has 0 atom stereocenters. The smallest absolute Gasteiger partial charge is 0.257 e. The Balaban J connectivity index is 2.16. The molecule has 1 aromatic heterocycles. The molecular formula is C15H23N3O2. The van der Waals surface area contributed by atoms with Crippen molar-refractivity contribution in [2.24, 2.45) is 5.73 Å². The molecule has 0 aromatic carbocycles. The molecule has 0 spiro atoms. The van der Waals surface area contributed by atoms with Gasteiger partial charge in [0.25, 0.3) is 5.91 Å². The SMILES string of the molecule is CCCN(C(=O)c1ccncc1O)C1CCC(N)CC1. The lowest BCUT2D eigenvalue weighted by Crippen LogP contribution is -2.44. The van der Waals surface area contributed by atoms with E-state index in [9.17, 15) is 9.90 Å². The van der Waals surface area contributed by atoms with Crippen molar-refractivity contribution >= 4 is 5.91 Å². The largest absolute Gasteiger partial charge is 0.505 e. The Hall–Kier alpha value is -1.62. The van der Waals surface area contributed by atoms with E-state index in [1.165, 1.54) is 12.4 Å². The van der Waals surface area contributed by atoms with E-state index < -0.39 is 0 Å². The molecule has 110 valence electrons. The van der Waals surface area contributed by atoms with Crippen LogP contribution >= 0.6 is 0 Å². The minimum Gasteiger partial charge on any atom is -0.505 e. The van der Waals surface area contributed by atoms with Crippen LogP contribution in [-0.4, -0.2) is 39.5 Å². The number of nitrogens with two attached hydrogens (primary N) is 1. The van der Waals surface area contributed by atoms with Crippen LogP contribution in [0.5, 0.6) is 5.75 Å². The first kappa shape index (κ1) is 14.8. The first-order valence-electron chi connectivity index (χ1n) is 7.33. The molecule has 0 bridgehead atoms. The summed E-state index contributed by atoms with van der Waals surface area (Å²) in [6, 6.07) is 2.07. The summed E-state index contributed by atoms with van der Waals surface area (Å²) in [5.74, 6) is -0.154. The standard InChI is InChI=1S/C15H23N3O2/c1-2-9-18(12-5-3-11(16)4-6-12)15(20)13-7-8-17-10-14(13)19/h7-8,10-12,19H,2-6,9,16H2,1H3. The number of carbonyl (C=O) groups excluding carboxylic acids is 1. The fourth-order valence-electron chi connectivity index (χ4n) is 2.83. The highest BCUT2D eigenvalue weighted by atomic mass is 16.3. The molecule has 1 aromatic rings. The van der Waals surface area contributed by atoms with E-state index in [2.05, 4.69) is 11.9 Å². The lowest BCUT2D eigenvalue weighted by Gasteiger charge is -2.36. The molecule has 1 fully saturated rings. The molecule has 5 heteroatoms. The minimum absolute atomic E-state index is 0.0499. The van der Waals surface area contributed by atoms with Gasteiger partial charge in [0.05, 0.1) is 11.8 Å². The van der Waals surface area contributed by atoms with Crippen LogP contribution in [-0.2, 0) is 0 Å². The summed E-state index contributed by atoms with van der Waals surface area (Å²) in [6.07, 6.45) is 7.56. The van der Waals surface area contributed by atoms with Crippen molar-refractivity contribution in [1.82, 2.24) is 9.88 Å². The number of aromatic nitrogens is 1. The summed E-state index contributed by atoms with van der Waals surface area (Å²) in [5.41, 5.74) is 6.27. The second-order valence-electron chi connectivity index (χ2n) is 5.46. The average molecular weight is 277 g/mol. The Morgan fingerprint density at radius 2 is 2.15 bits per heavy atom. The fourth-order valence-corrected chi connectivity index (χ4v) is 2.83. The van der Waals surface area contributed by atoms with Crippen molar-refractivity contribution in [3.8, 4) is 5.75 Å².